The van der Waals surface area contributed by atoms with E-state index in [1.165, 1.54) is 9.44 Å². The largest absolute Gasteiger partial charge is 0.338 e. The van der Waals surface area contributed by atoms with E-state index in [0.717, 1.165) is 43.0 Å². The van der Waals surface area contributed by atoms with Crippen LogP contribution in [0.4, 0.5) is 4.79 Å². The molecule has 0 fully saturated rings. The van der Waals surface area contributed by atoms with Gasteiger partial charge in [0.25, 0.3) is 5.56 Å². The van der Waals surface area contributed by atoms with E-state index in [1.54, 1.807) is 42.5 Å². The first-order valence-corrected chi connectivity index (χ1v) is 12.2. The highest BCUT2D eigenvalue weighted by Gasteiger charge is 2.23. The van der Waals surface area contributed by atoms with Crippen molar-refractivity contribution < 1.29 is 9.59 Å². The van der Waals surface area contributed by atoms with Crippen molar-refractivity contribution in [2.45, 2.75) is 37.8 Å². The third-order valence-electron chi connectivity index (χ3n) is 4.97. The molecule has 0 saturated heterocycles. The molecule has 10 heteroatoms. The minimum atomic E-state index is -0.544. The van der Waals surface area contributed by atoms with E-state index < -0.39 is 11.9 Å². The van der Waals surface area contributed by atoms with Gasteiger partial charge in [0.1, 0.15) is 4.83 Å². The number of hydrogen-bond donors (Lipinski definition) is 2. The van der Waals surface area contributed by atoms with Gasteiger partial charge in [-0.25, -0.2) is 9.78 Å². The molecule has 31 heavy (non-hydrogen) atoms. The number of imide groups is 1. The van der Waals surface area contributed by atoms with Gasteiger partial charge >= 0.3 is 6.03 Å². The number of benzene rings is 1. The molecule has 3 amide bonds. The molecule has 0 bridgehead atoms. The molecule has 2 heterocycles. The molecular weight excluding hydrogens is 456 g/mol. The second-order valence-electron chi connectivity index (χ2n) is 7.10. The van der Waals surface area contributed by atoms with Crippen molar-refractivity contribution in [1.29, 1.82) is 0 Å². The number of aryl methyl sites for hydroxylation is 2. The number of aromatic nitrogens is 2. The molecule has 2 N–H and O–H groups in total. The average Bonchev–Trinajstić information content (AvgIpc) is 3.12. The Morgan fingerprint density at radius 2 is 1.97 bits per heavy atom. The van der Waals surface area contributed by atoms with Crippen LogP contribution in [0.1, 0.15) is 30.2 Å². The van der Waals surface area contributed by atoms with Gasteiger partial charge < -0.3 is 5.32 Å². The number of nitrogens with one attached hydrogen (secondary N) is 2. The quantitative estimate of drug-likeness (QED) is 0.430. The third kappa shape index (κ3) is 4.63. The maximum Gasteiger partial charge on any atom is 0.321 e. The van der Waals surface area contributed by atoms with Crippen molar-refractivity contribution in [3.63, 3.8) is 0 Å². The molecule has 4 rings (SSSR count). The van der Waals surface area contributed by atoms with Gasteiger partial charge in [-0.05, 0) is 62.4 Å². The molecule has 1 aliphatic rings. The van der Waals surface area contributed by atoms with Crippen LogP contribution in [0, 0.1) is 0 Å². The van der Waals surface area contributed by atoms with Crippen molar-refractivity contribution in [3.05, 3.63) is 50.1 Å². The fourth-order valence-corrected chi connectivity index (χ4v) is 5.84. The van der Waals surface area contributed by atoms with E-state index in [-0.39, 0.29) is 11.3 Å². The maximum absolute atomic E-state index is 13.6. The summed E-state index contributed by atoms with van der Waals surface area (Å²) in [7, 11) is 0. The highest BCUT2D eigenvalue weighted by Crippen LogP contribution is 2.35. The Morgan fingerprint density at radius 3 is 2.71 bits per heavy atom. The minimum absolute atomic E-state index is 0.0479. The van der Waals surface area contributed by atoms with E-state index in [9.17, 15) is 14.4 Å². The summed E-state index contributed by atoms with van der Waals surface area (Å²) in [6.07, 6.45) is 4.03. The second-order valence-corrected chi connectivity index (χ2v) is 9.56. The number of thiophene rings is 1. The first-order chi connectivity index (χ1) is 15.0. The van der Waals surface area contributed by atoms with Crippen LogP contribution in [0.5, 0.6) is 0 Å². The van der Waals surface area contributed by atoms with Crippen molar-refractivity contribution in [3.8, 4) is 5.69 Å². The van der Waals surface area contributed by atoms with E-state index in [1.807, 2.05) is 0 Å². The van der Waals surface area contributed by atoms with Crippen LogP contribution in [-0.4, -0.2) is 33.8 Å². The van der Waals surface area contributed by atoms with E-state index in [2.05, 4.69) is 10.6 Å². The van der Waals surface area contributed by atoms with Crippen molar-refractivity contribution >= 4 is 56.9 Å². The maximum atomic E-state index is 13.6. The van der Waals surface area contributed by atoms with E-state index in [0.29, 0.717) is 32.6 Å². The lowest BCUT2D eigenvalue weighted by molar-refractivity contribution is -0.117. The summed E-state index contributed by atoms with van der Waals surface area (Å²) in [5.41, 5.74) is 1.60. The molecule has 0 aliphatic heterocycles. The number of rotatable bonds is 5. The molecule has 0 saturated carbocycles. The highest BCUT2D eigenvalue weighted by atomic mass is 35.5. The SMILES string of the molecule is CCNC(=O)NC(=O)CSc1nc2sc3c(c2c(=O)n1-c1ccc(Cl)cc1)CCCC3. The number of fused-ring (bicyclic) bond motifs is 3. The topological polar surface area (TPSA) is 93.1 Å². The number of halogens is 1. The Labute approximate surface area is 192 Å². The average molecular weight is 477 g/mol. The zero-order valence-corrected chi connectivity index (χ0v) is 19.3. The first kappa shape index (κ1) is 21.9. The summed E-state index contributed by atoms with van der Waals surface area (Å²) in [6.45, 7) is 2.19. The van der Waals surface area contributed by atoms with Gasteiger partial charge in [-0.3, -0.25) is 19.5 Å². The summed E-state index contributed by atoms with van der Waals surface area (Å²) in [5, 5.41) is 6.43. The second kappa shape index (κ2) is 9.42. The zero-order valence-electron chi connectivity index (χ0n) is 16.9. The lowest BCUT2D eigenvalue weighted by Crippen LogP contribution is -2.40. The van der Waals surface area contributed by atoms with Crippen molar-refractivity contribution in [2.75, 3.05) is 12.3 Å². The van der Waals surface area contributed by atoms with Crippen LogP contribution in [0.25, 0.3) is 15.9 Å². The summed E-state index contributed by atoms with van der Waals surface area (Å²) < 4.78 is 1.53. The van der Waals surface area contributed by atoms with Crippen molar-refractivity contribution in [2.24, 2.45) is 0 Å². The van der Waals surface area contributed by atoms with Crippen molar-refractivity contribution in [1.82, 2.24) is 20.2 Å². The van der Waals surface area contributed by atoms with Gasteiger partial charge in [0.15, 0.2) is 5.16 Å². The van der Waals surface area contributed by atoms with Crippen LogP contribution in [0.3, 0.4) is 0 Å². The van der Waals surface area contributed by atoms with Crippen LogP contribution < -0.4 is 16.2 Å². The molecule has 0 spiro atoms. The van der Waals surface area contributed by atoms with Crippen LogP contribution in [0.2, 0.25) is 5.02 Å². The monoisotopic (exact) mass is 476 g/mol. The molecule has 1 aliphatic carbocycles. The standard InChI is InChI=1S/C21H21ClN4O3S2/c1-2-23-20(29)24-16(27)11-30-21-25-18-17(14-5-3-4-6-15(14)31-18)19(28)26(21)13-9-7-12(22)8-10-13/h7-10H,2-6,11H2,1H3,(H2,23,24,27,29). The van der Waals surface area contributed by atoms with Crippen LogP contribution in [0.15, 0.2) is 34.2 Å². The van der Waals surface area contributed by atoms with E-state index in [4.69, 9.17) is 16.6 Å². The zero-order chi connectivity index (χ0) is 22.0. The number of urea groups is 1. The predicted octanol–water partition coefficient (Wildman–Crippen LogP) is 3.92. The Bertz CT molecular complexity index is 1200. The normalized spacial score (nSPS) is 13.1. The molecule has 162 valence electrons. The smallest absolute Gasteiger partial charge is 0.321 e. The number of nitrogens with zero attached hydrogens (tertiary/aromatic N) is 2. The Kier molecular flexibility index (Phi) is 6.64. The minimum Gasteiger partial charge on any atom is -0.338 e. The number of hydrogen-bond acceptors (Lipinski definition) is 6. The summed E-state index contributed by atoms with van der Waals surface area (Å²) in [6, 6.07) is 6.40. The molecule has 0 unspecified atom stereocenters. The molecular formula is C21H21ClN4O3S2. The van der Waals surface area contributed by atoms with Gasteiger partial charge in [-0.15, -0.1) is 11.3 Å². The van der Waals surface area contributed by atoms with E-state index >= 15 is 0 Å². The number of carbonyl (C=O) groups excluding carboxylic acids is 2. The summed E-state index contributed by atoms with van der Waals surface area (Å²) >= 11 is 8.72. The molecule has 0 atom stereocenters. The summed E-state index contributed by atoms with van der Waals surface area (Å²) in [4.78, 5) is 44.1. The molecule has 3 aromatic rings. The summed E-state index contributed by atoms with van der Waals surface area (Å²) in [5.74, 6) is -0.508. The predicted molar refractivity (Wildman–Crippen MR) is 125 cm³/mol. The highest BCUT2D eigenvalue weighted by molar-refractivity contribution is 7.99. The van der Waals surface area contributed by atoms with Crippen LogP contribution >= 0.6 is 34.7 Å². The van der Waals surface area contributed by atoms with Gasteiger partial charge in [-0.1, -0.05) is 23.4 Å². The number of thioether (sulfide) groups is 1. The van der Waals surface area contributed by atoms with Gasteiger partial charge in [0, 0.05) is 16.4 Å². The molecule has 7 nitrogen and oxygen atoms in total. The lowest BCUT2D eigenvalue weighted by Gasteiger charge is -2.13. The van der Waals surface area contributed by atoms with Crippen LogP contribution in [-0.2, 0) is 17.6 Å². The Hall–Kier alpha value is -2.36. The number of carbonyl (C=O) groups is 2. The number of amides is 3. The first-order valence-electron chi connectivity index (χ1n) is 10.0. The molecule has 2 aromatic heterocycles. The molecule has 1 aromatic carbocycles. The fraction of sp³-hybridized carbons (Fsp3) is 0.333. The Balaban J connectivity index is 1.75. The Morgan fingerprint density at radius 1 is 1.23 bits per heavy atom. The third-order valence-corrected chi connectivity index (χ3v) is 7.34. The molecule has 0 radical (unpaired) electrons. The fourth-order valence-electron chi connectivity index (χ4n) is 3.60. The van der Waals surface area contributed by atoms with Gasteiger partial charge in [0.05, 0.1) is 16.8 Å². The van der Waals surface area contributed by atoms with Gasteiger partial charge in [-0.2, -0.15) is 0 Å². The lowest BCUT2D eigenvalue weighted by atomic mass is 9.97. The van der Waals surface area contributed by atoms with Gasteiger partial charge in [0.2, 0.25) is 5.91 Å².